The van der Waals surface area contributed by atoms with E-state index in [9.17, 15) is 4.79 Å². The fourth-order valence-corrected chi connectivity index (χ4v) is 4.19. The largest absolute Gasteiger partial charge is 0.348 e. The SMILES string of the molecule is O=c1cccc2n1CC1C[C@@H]2CN(C(=S)Nc2ccc(Cl)cc2)C1. The van der Waals surface area contributed by atoms with Crippen molar-refractivity contribution in [2.24, 2.45) is 5.92 Å². The van der Waals surface area contributed by atoms with Crippen molar-refractivity contribution in [1.29, 1.82) is 0 Å². The molecular formula is C18H18ClN3OS. The van der Waals surface area contributed by atoms with Gasteiger partial charge in [0.1, 0.15) is 0 Å². The molecule has 1 N–H and O–H groups in total. The Morgan fingerprint density at radius 3 is 2.71 bits per heavy atom. The van der Waals surface area contributed by atoms with Crippen LogP contribution in [0.4, 0.5) is 5.69 Å². The van der Waals surface area contributed by atoms with E-state index in [2.05, 4.69) is 16.3 Å². The summed E-state index contributed by atoms with van der Waals surface area (Å²) in [5.74, 6) is 0.817. The van der Waals surface area contributed by atoms with Crippen LogP contribution in [-0.2, 0) is 6.54 Å². The molecule has 6 heteroatoms. The van der Waals surface area contributed by atoms with E-state index in [-0.39, 0.29) is 5.56 Å². The summed E-state index contributed by atoms with van der Waals surface area (Å²) in [6.45, 7) is 2.52. The molecule has 1 aromatic carbocycles. The third-order valence-corrected chi connectivity index (χ3v) is 5.47. The zero-order valence-electron chi connectivity index (χ0n) is 13.1. The molecule has 24 heavy (non-hydrogen) atoms. The van der Waals surface area contributed by atoms with Crippen LogP contribution in [0, 0.1) is 5.92 Å². The van der Waals surface area contributed by atoms with Gasteiger partial charge < -0.3 is 14.8 Å². The number of aromatic nitrogens is 1. The molecular weight excluding hydrogens is 342 g/mol. The van der Waals surface area contributed by atoms with Crippen molar-refractivity contribution < 1.29 is 0 Å². The molecule has 2 aromatic rings. The highest BCUT2D eigenvalue weighted by molar-refractivity contribution is 7.80. The third-order valence-electron chi connectivity index (χ3n) is 4.86. The second-order valence-electron chi connectivity index (χ2n) is 6.54. The number of halogens is 1. The molecule has 1 saturated heterocycles. The molecule has 4 rings (SSSR count). The minimum Gasteiger partial charge on any atom is -0.348 e. The zero-order chi connectivity index (χ0) is 16.7. The van der Waals surface area contributed by atoms with E-state index in [1.807, 2.05) is 34.9 Å². The van der Waals surface area contributed by atoms with Crippen molar-refractivity contribution in [3.8, 4) is 0 Å². The van der Waals surface area contributed by atoms with Crippen LogP contribution in [0.25, 0.3) is 0 Å². The van der Waals surface area contributed by atoms with Gasteiger partial charge in [-0.1, -0.05) is 17.7 Å². The lowest BCUT2D eigenvalue weighted by Gasteiger charge is -2.43. The number of likely N-dealkylation sites (tertiary alicyclic amines) is 1. The number of benzene rings is 1. The van der Waals surface area contributed by atoms with Crippen molar-refractivity contribution in [3.63, 3.8) is 0 Å². The van der Waals surface area contributed by atoms with Gasteiger partial charge in [0.05, 0.1) is 0 Å². The number of hydrogen-bond acceptors (Lipinski definition) is 2. The zero-order valence-corrected chi connectivity index (χ0v) is 14.7. The molecule has 2 aliphatic heterocycles. The monoisotopic (exact) mass is 359 g/mol. The Morgan fingerprint density at radius 1 is 1.12 bits per heavy atom. The molecule has 2 atom stereocenters. The quantitative estimate of drug-likeness (QED) is 0.792. The van der Waals surface area contributed by atoms with Gasteiger partial charge in [0.25, 0.3) is 5.56 Å². The molecule has 0 amide bonds. The standard InChI is InChI=1S/C18H18ClN3OS/c19-14-4-6-15(7-5-14)20-18(24)21-9-12-8-13(11-21)16-2-1-3-17(23)22(16)10-12/h1-7,12-13H,8-11H2,(H,20,24)/t12?,13-/m1/s1. The fourth-order valence-electron chi connectivity index (χ4n) is 3.80. The maximum absolute atomic E-state index is 12.1. The first kappa shape index (κ1) is 15.7. The van der Waals surface area contributed by atoms with E-state index >= 15 is 0 Å². The van der Waals surface area contributed by atoms with Crippen LogP contribution in [0.15, 0.2) is 47.3 Å². The van der Waals surface area contributed by atoms with Crippen molar-refractivity contribution in [3.05, 3.63) is 63.5 Å². The average molecular weight is 360 g/mol. The van der Waals surface area contributed by atoms with E-state index in [1.165, 1.54) is 0 Å². The van der Waals surface area contributed by atoms with E-state index in [0.29, 0.717) is 16.9 Å². The number of hydrogen-bond donors (Lipinski definition) is 1. The number of rotatable bonds is 1. The van der Waals surface area contributed by atoms with E-state index < -0.39 is 0 Å². The van der Waals surface area contributed by atoms with Crippen LogP contribution >= 0.6 is 23.8 Å². The first-order valence-electron chi connectivity index (χ1n) is 8.11. The lowest BCUT2D eigenvalue weighted by Crippen LogP contribution is -2.50. The van der Waals surface area contributed by atoms with Gasteiger partial charge in [0.2, 0.25) is 0 Å². The van der Waals surface area contributed by atoms with Crippen molar-refractivity contribution in [1.82, 2.24) is 9.47 Å². The molecule has 3 heterocycles. The van der Waals surface area contributed by atoms with Gasteiger partial charge in [0, 0.05) is 48.0 Å². The van der Waals surface area contributed by atoms with Gasteiger partial charge in [-0.3, -0.25) is 4.79 Å². The molecule has 1 fully saturated rings. The minimum absolute atomic E-state index is 0.109. The highest BCUT2D eigenvalue weighted by Crippen LogP contribution is 2.35. The number of anilines is 1. The molecule has 1 aromatic heterocycles. The second kappa shape index (κ2) is 6.22. The van der Waals surface area contributed by atoms with Gasteiger partial charge in [-0.05, 0) is 54.9 Å². The Hall–Kier alpha value is -1.85. The van der Waals surface area contributed by atoms with E-state index in [1.54, 1.807) is 6.07 Å². The molecule has 1 unspecified atom stereocenters. The second-order valence-corrected chi connectivity index (χ2v) is 7.36. The lowest BCUT2D eigenvalue weighted by atomic mass is 9.83. The molecule has 4 nitrogen and oxygen atoms in total. The third kappa shape index (κ3) is 2.94. The predicted octanol–water partition coefficient (Wildman–Crippen LogP) is 3.32. The summed E-state index contributed by atoms with van der Waals surface area (Å²) in [6, 6.07) is 13.1. The number of nitrogens with one attached hydrogen (secondary N) is 1. The van der Waals surface area contributed by atoms with Gasteiger partial charge >= 0.3 is 0 Å². The number of nitrogens with zero attached hydrogens (tertiary/aromatic N) is 2. The first-order chi connectivity index (χ1) is 11.6. The van der Waals surface area contributed by atoms with Crippen LogP contribution < -0.4 is 10.9 Å². The molecule has 124 valence electrons. The number of thiocarbonyl (C=S) groups is 1. The fraction of sp³-hybridized carbons (Fsp3) is 0.333. The summed E-state index contributed by atoms with van der Waals surface area (Å²) >= 11 is 11.5. The van der Waals surface area contributed by atoms with E-state index in [4.69, 9.17) is 23.8 Å². The highest BCUT2D eigenvalue weighted by Gasteiger charge is 2.35. The first-order valence-corrected chi connectivity index (χ1v) is 8.90. The van der Waals surface area contributed by atoms with Gasteiger partial charge in [-0.2, -0.15) is 0 Å². The maximum atomic E-state index is 12.1. The Kier molecular flexibility index (Phi) is 4.06. The molecule has 0 saturated carbocycles. The van der Waals surface area contributed by atoms with Crippen LogP contribution in [0.5, 0.6) is 0 Å². The maximum Gasteiger partial charge on any atom is 0.250 e. The molecule has 2 aliphatic rings. The number of pyridine rings is 1. The van der Waals surface area contributed by atoms with Crippen molar-refractivity contribution in [2.75, 3.05) is 18.4 Å². The molecule has 2 bridgehead atoms. The van der Waals surface area contributed by atoms with Crippen LogP contribution in [0.3, 0.4) is 0 Å². The summed E-state index contributed by atoms with van der Waals surface area (Å²) in [5, 5.41) is 4.74. The van der Waals surface area contributed by atoms with Crippen molar-refractivity contribution >= 4 is 34.6 Å². The summed E-state index contributed by atoms with van der Waals surface area (Å²) < 4.78 is 1.94. The topological polar surface area (TPSA) is 37.3 Å². The van der Waals surface area contributed by atoms with Gasteiger partial charge in [-0.25, -0.2) is 0 Å². The summed E-state index contributed by atoms with van der Waals surface area (Å²) in [5.41, 5.74) is 2.19. The lowest BCUT2D eigenvalue weighted by molar-refractivity contribution is 0.180. The summed E-state index contributed by atoms with van der Waals surface area (Å²) in [6.07, 6.45) is 1.13. The normalized spacial score (nSPS) is 22.0. The summed E-state index contributed by atoms with van der Waals surface area (Å²) in [4.78, 5) is 14.3. The van der Waals surface area contributed by atoms with E-state index in [0.717, 1.165) is 42.5 Å². The Balaban J connectivity index is 1.52. The summed E-state index contributed by atoms with van der Waals surface area (Å²) in [7, 11) is 0. The number of piperidine rings is 1. The van der Waals surface area contributed by atoms with Crippen molar-refractivity contribution in [2.45, 2.75) is 18.9 Å². The molecule has 0 spiro atoms. The minimum atomic E-state index is 0.109. The molecule has 0 radical (unpaired) electrons. The van der Waals surface area contributed by atoms with Gasteiger partial charge in [0.15, 0.2) is 5.11 Å². The Morgan fingerprint density at radius 2 is 1.92 bits per heavy atom. The Labute approximate surface area is 151 Å². The van der Waals surface area contributed by atoms with Crippen LogP contribution in [-0.4, -0.2) is 27.7 Å². The van der Waals surface area contributed by atoms with Crippen LogP contribution in [0.1, 0.15) is 18.0 Å². The molecule has 0 aliphatic carbocycles. The number of fused-ring (bicyclic) bond motifs is 4. The highest BCUT2D eigenvalue weighted by atomic mass is 35.5. The smallest absolute Gasteiger partial charge is 0.250 e. The average Bonchev–Trinajstić information content (AvgIpc) is 2.58. The predicted molar refractivity (Wildman–Crippen MR) is 101 cm³/mol. The Bertz CT molecular complexity index is 833. The van der Waals surface area contributed by atoms with Gasteiger partial charge in [-0.15, -0.1) is 0 Å². The van der Waals surface area contributed by atoms with Crippen LogP contribution in [0.2, 0.25) is 5.02 Å².